The number of primary amides is 2. The van der Waals surface area contributed by atoms with Crippen LogP contribution in [0.3, 0.4) is 0 Å². The number of aliphatic carboxylic acids is 1. The van der Waals surface area contributed by atoms with Gasteiger partial charge in [-0.2, -0.15) is 29.7 Å². The molecule has 119 heavy (non-hydrogen) atoms. The third-order valence-electron chi connectivity index (χ3n) is 16.5. The van der Waals surface area contributed by atoms with Gasteiger partial charge in [-0.1, -0.05) is 29.5 Å². The van der Waals surface area contributed by atoms with Gasteiger partial charge in [0.25, 0.3) is 11.8 Å². The largest absolute Gasteiger partial charge is 0.481 e. The molecule has 5 aromatic rings. The summed E-state index contributed by atoms with van der Waals surface area (Å²) in [6, 6.07) is 5.55. The number of H-pyrrole nitrogens is 1. The number of hydrogen-bond acceptors (Lipinski definition) is 31. The number of imidazole rings is 2. The fourth-order valence-corrected chi connectivity index (χ4v) is 15.4. The van der Waals surface area contributed by atoms with Crippen LogP contribution in [0.15, 0.2) is 62.6 Å². The maximum absolute atomic E-state index is 11.6. The van der Waals surface area contributed by atoms with E-state index in [4.69, 9.17) is 115 Å². The Bertz CT molecular complexity index is 3950. The van der Waals surface area contributed by atoms with E-state index in [0.717, 1.165) is 96.6 Å². The fraction of sp³-hybridized carbons (Fsp3) is 0.672. The van der Waals surface area contributed by atoms with Crippen molar-refractivity contribution in [2.45, 2.75) is 88.6 Å². The minimum absolute atomic E-state index is 0.0600. The second-order valence-electron chi connectivity index (χ2n) is 27.0. The molecule has 4 aliphatic heterocycles. The van der Waals surface area contributed by atoms with Crippen LogP contribution in [0.4, 0.5) is 38.9 Å². The summed E-state index contributed by atoms with van der Waals surface area (Å²) in [4.78, 5) is 141. The zero-order valence-electron chi connectivity index (χ0n) is 68.2. The Morgan fingerprint density at radius 2 is 1.17 bits per heavy atom. The zero-order chi connectivity index (χ0) is 90.0. The van der Waals surface area contributed by atoms with Crippen LogP contribution >= 0.6 is 72.3 Å². The highest BCUT2D eigenvalue weighted by Gasteiger charge is 2.51. The average Bonchev–Trinajstić information content (AvgIpc) is 1.57. The number of carboxylic acid groups (broad SMARTS) is 1. The van der Waals surface area contributed by atoms with E-state index in [9.17, 15) is 53.9 Å². The number of urea groups is 2. The molecule has 0 radical (unpaired) electrons. The van der Waals surface area contributed by atoms with Crippen LogP contribution in [-0.4, -0.2) is 368 Å². The summed E-state index contributed by atoms with van der Waals surface area (Å²) < 4.78 is 23.3. The van der Waals surface area contributed by atoms with E-state index < -0.39 is 87.1 Å². The SMILES string of the molecule is CC1CCC(NC(=O)N(CCCl)N=O)CC1.CN(C)/N=N/c1[nH]cnc1C(N)=O.CN(C)c1nc(N(C)C)nc(N(C)C)n1.CN(CCCl)CCCl.CN(N=O)C(=O)N[C@@H]1[C@@H](O)[C@H](O)[C@@H](CO)O[C@@H]1O.Cn1nnc2c(C(N)=O)ncn2c1=O.O=C(O)CCCc1ccc(N(CCCl)CCCl)cc1.O=P(O)(O)O.S=P(N1CC1)(N1CC1)N1CC1. The molecular formula is C64H112Cl5N29O18P2S. The van der Waals surface area contributed by atoms with Gasteiger partial charge in [-0.15, -0.1) is 78.0 Å². The molecule has 8 heterocycles. The number of amides is 6. The van der Waals surface area contributed by atoms with Gasteiger partial charge in [-0.3, -0.25) is 19.4 Å². The van der Waals surface area contributed by atoms with E-state index in [0.29, 0.717) is 52.8 Å². The van der Waals surface area contributed by atoms with Gasteiger partial charge < -0.3 is 96.5 Å². The molecule has 0 spiro atoms. The van der Waals surface area contributed by atoms with Gasteiger partial charge in [0, 0.05) is 183 Å². The number of aromatic amines is 1. The first-order valence-corrected chi connectivity index (χ1v) is 43.5. The van der Waals surface area contributed by atoms with E-state index >= 15 is 0 Å². The number of ether oxygens (including phenoxy) is 1. The highest BCUT2D eigenvalue weighted by molar-refractivity contribution is 8.11. The van der Waals surface area contributed by atoms with Gasteiger partial charge in [-0.05, 0) is 81.0 Å². The van der Waals surface area contributed by atoms with E-state index in [1.807, 2.05) is 88.3 Å². The minimum Gasteiger partial charge on any atom is -0.481 e. The van der Waals surface area contributed by atoms with Crippen LogP contribution in [0.2, 0.25) is 0 Å². The summed E-state index contributed by atoms with van der Waals surface area (Å²) in [6.07, 6.45) is 2.54. The van der Waals surface area contributed by atoms with Crippen LogP contribution in [0.25, 0.3) is 5.65 Å². The Labute approximate surface area is 718 Å². The normalized spacial score (nSPS) is 18.3. The third-order valence-corrected chi connectivity index (χ3v) is 22.8. The molecule has 5 atom stereocenters. The van der Waals surface area contributed by atoms with Crippen molar-refractivity contribution in [3.05, 3.63) is 74.2 Å². The number of phosphoric acid groups is 1. The predicted octanol–water partition coefficient (Wildman–Crippen LogP) is 1.67. The lowest BCUT2D eigenvalue weighted by Crippen LogP contribution is -2.64. The number of benzene rings is 1. The minimum atomic E-state index is -4.64. The molecule has 4 aromatic heterocycles. The standard InChI is InChI=1S/C14H19Cl2NO2.C10H18ClN3O2.C9H18N6.C8H15N3O7.C6H6N6O2.C6H10N6O.C6H12N3PS.C5H11Cl2N.H3O4P/c15-8-10-17(11-9-16)13-6-4-12(5-7-13)2-1-3-14(18)19;1-8-2-4-9(5-3-8)12-10(15)14(13-16)7-6-11;1-13(2)7-10-8(14(3)4)12-9(11-7)15(5)6;1-11(10-17)8(16)9-4-6(14)5(13)3(2-12)18-7(4)15;1-11-6(14)12-2-8-3(4(7)13)5(12)9-10-11;1-12(2)11-10-6-4(5(7)13)8-3-9-6;11-10(7-1-2-7,8-3-4-8)9-5-6-9;1-8(4-2-6)5-3-7;1-5(2,3)4/h4-7H,1-3,8-11H2,(H,18,19);8-9H,2-7H2,1H3,(H,12,15);1-6H3;3-7,12-15H,2H2,1H3,(H,9,16);2H,1H3,(H2,7,13);3H,1-2H3,(H2,7,13)(H,8,9);1-6H2;2-5H2,1H3;(H3,1,2,3,4)/b;;;;;11-10+;;;/t;;;3-,4-,5-,6-,7+;;;;;/m...1...../s1. The smallest absolute Gasteiger partial charge is 0.466 e. The summed E-state index contributed by atoms with van der Waals surface area (Å²) in [7, 11) is 14.8. The first-order chi connectivity index (χ1) is 56.0. The van der Waals surface area contributed by atoms with Crippen LogP contribution in [0.1, 0.15) is 72.0 Å². The summed E-state index contributed by atoms with van der Waals surface area (Å²) in [5.41, 5.74) is 12.0. The van der Waals surface area contributed by atoms with E-state index in [1.54, 1.807) is 14.1 Å². The molecule has 6 amide bonds. The summed E-state index contributed by atoms with van der Waals surface area (Å²) in [6.45, 7) is 11.4. The molecule has 15 N–H and O–H groups in total. The Hall–Kier alpha value is -7.68. The fourth-order valence-electron chi connectivity index (χ4n) is 9.86. The van der Waals surface area contributed by atoms with Gasteiger partial charge in [0.2, 0.25) is 17.8 Å². The van der Waals surface area contributed by atoms with Crippen LogP contribution in [0, 0.1) is 15.7 Å². The van der Waals surface area contributed by atoms with Gasteiger partial charge in [0.05, 0.1) is 30.1 Å². The molecule has 1 saturated carbocycles. The maximum Gasteiger partial charge on any atom is 0.466 e. The van der Waals surface area contributed by atoms with E-state index in [1.165, 1.54) is 64.0 Å². The number of hydrogen-bond donors (Lipinski definition) is 13. The van der Waals surface area contributed by atoms with Crippen molar-refractivity contribution in [2.24, 2.45) is 45.3 Å². The summed E-state index contributed by atoms with van der Waals surface area (Å²) >= 11 is 33.6. The first-order valence-electron chi connectivity index (χ1n) is 36.6. The number of nitrogens with two attached hydrogens (primary N) is 2. The number of carbonyl (C=O) groups is 5. The highest BCUT2D eigenvalue weighted by Crippen LogP contribution is 2.65. The Morgan fingerprint density at radius 3 is 1.57 bits per heavy atom. The number of rotatable bonds is 30. The van der Waals surface area contributed by atoms with E-state index in [2.05, 4.69) is 102 Å². The molecule has 1 aliphatic carbocycles. The van der Waals surface area contributed by atoms with Crippen molar-refractivity contribution in [3.63, 3.8) is 0 Å². The first kappa shape index (κ1) is 107. The molecule has 5 aliphatic rings. The topological polar surface area (TPSA) is 601 Å². The van der Waals surface area contributed by atoms with Crippen molar-refractivity contribution in [1.29, 1.82) is 0 Å². The third kappa shape index (κ3) is 40.3. The number of carbonyl (C=O) groups excluding carboxylic acids is 4. The average molecular weight is 1850 g/mol. The molecule has 47 nitrogen and oxygen atoms in total. The number of anilines is 4. The number of nitroso groups, excluding NO2 is 2. The number of aliphatic hydroxyl groups is 4. The molecular weight excluding hydrogens is 1730 g/mol. The number of alkyl halides is 5. The molecule has 672 valence electrons. The number of halogens is 5. The number of aliphatic hydroxyl groups excluding tert-OH is 4. The van der Waals surface area contributed by atoms with Gasteiger partial charge in [0.1, 0.15) is 37.2 Å². The lowest BCUT2D eigenvalue weighted by atomic mass is 9.87. The molecule has 0 bridgehead atoms. The van der Waals surface area contributed by atoms with E-state index in [-0.39, 0.29) is 47.7 Å². The second-order valence-corrected chi connectivity index (χ2v) is 34.1. The lowest BCUT2D eigenvalue weighted by Gasteiger charge is -2.40. The molecule has 5 fully saturated rings. The number of aromatic nitrogens is 10. The molecule has 1 aromatic carbocycles. The highest BCUT2D eigenvalue weighted by atomic mass is 35.5. The van der Waals surface area contributed by atoms with Crippen molar-refractivity contribution < 1.29 is 73.5 Å². The number of carboxylic acids is 1. The predicted molar refractivity (Wildman–Crippen MR) is 455 cm³/mol. The molecule has 4 saturated heterocycles. The van der Waals surface area contributed by atoms with Crippen LogP contribution < -0.4 is 47.4 Å². The van der Waals surface area contributed by atoms with Gasteiger partial charge in [-0.25, -0.2) is 47.3 Å². The molecule has 10 rings (SSSR count). The molecule has 0 unspecified atom stereocenters. The molecule has 55 heteroatoms. The van der Waals surface area contributed by atoms with Crippen molar-refractivity contribution in [2.75, 3.05) is 198 Å². The summed E-state index contributed by atoms with van der Waals surface area (Å²) in [5, 5.41) is 73.3. The number of nitrogens with zero attached hydrogens (tertiary/aromatic N) is 24. The van der Waals surface area contributed by atoms with Crippen molar-refractivity contribution >= 4 is 149 Å². The number of aryl methyl sites for hydroxylation is 2. The van der Waals surface area contributed by atoms with Crippen molar-refractivity contribution in [1.82, 2.24) is 93.9 Å². The monoisotopic (exact) mass is 1840 g/mol. The summed E-state index contributed by atoms with van der Waals surface area (Å²) in [5.74, 6) is 3.59. The zero-order valence-corrected chi connectivity index (χ0v) is 74.6. The quantitative estimate of drug-likeness (QED) is 0.00776. The van der Waals surface area contributed by atoms with Crippen LogP contribution in [0.5, 0.6) is 0 Å². The van der Waals surface area contributed by atoms with Gasteiger partial charge in [0.15, 0.2) is 29.1 Å². The number of nitrogens with one attached hydrogen (secondary N) is 3. The Balaban J connectivity index is 0.000000461. The Kier molecular flexibility index (Phi) is 50.0. The maximum atomic E-state index is 11.6. The Morgan fingerprint density at radius 1 is 0.689 bits per heavy atom. The number of fused-ring (bicyclic) bond motifs is 1. The second kappa shape index (κ2) is 55.4. The lowest BCUT2D eigenvalue weighted by molar-refractivity contribution is -0.252. The van der Waals surface area contributed by atoms with Gasteiger partial charge >= 0.3 is 31.5 Å². The van der Waals surface area contributed by atoms with Crippen molar-refractivity contribution in [3.8, 4) is 0 Å². The van der Waals surface area contributed by atoms with Crippen LogP contribution in [-0.2, 0) is 39.4 Å².